The van der Waals surface area contributed by atoms with Gasteiger partial charge in [-0.25, -0.2) is 8.78 Å². The average molecular weight is 392 g/mol. The number of nitrogens with one attached hydrogen (secondary N) is 3. The van der Waals surface area contributed by atoms with Gasteiger partial charge in [-0.1, -0.05) is 23.7 Å². The predicted molar refractivity (Wildman–Crippen MR) is 94.1 cm³/mol. The minimum atomic E-state index is -0.891. The molecule has 0 bridgehead atoms. The van der Waals surface area contributed by atoms with Crippen LogP contribution in [0.25, 0.3) is 11.4 Å². The number of aromatic nitrogens is 3. The van der Waals surface area contributed by atoms with Gasteiger partial charge in [0.15, 0.2) is 5.82 Å². The molecule has 2 aromatic carbocycles. The number of carbonyl (C=O) groups is 2. The van der Waals surface area contributed by atoms with Crippen LogP contribution in [0.5, 0.6) is 0 Å². The van der Waals surface area contributed by atoms with Crippen LogP contribution in [0.2, 0.25) is 5.02 Å². The quantitative estimate of drug-likeness (QED) is 0.622. The van der Waals surface area contributed by atoms with Crippen LogP contribution in [-0.4, -0.2) is 33.5 Å². The van der Waals surface area contributed by atoms with E-state index in [0.717, 1.165) is 12.1 Å². The molecule has 0 saturated carbocycles. The third-order valence-corrected chi connectivity index (χ3v) is 3.73. The van der Waals surface area contributed by atoms with E-state index >= 15 is 0 Å². The van der Waals surface area contributed by atoms with Gasteiger partial charge in [-0.05, 0) is 24.3 Å². The maximum absolute atomic E-state index is 13.1. The van der Waals surface area contributed by atoms with Crippen LogP contribution in [0.3, 0.4) is 0 Å². The highest BCUT2D eigenvalue weighted by atomic mass is 35.5. The van der Waals surface area contributed by atoms with Gasteiger partial charge in [0.05, 0.1) is 11.6 Å². The number of amides is 2. The Morgan fingerprint density at radius 2 is 1.81 bits per heavy atom. The average Bonchev–Trinajstić information content (AvgIpc) is 3.07. The largest absolute Gasteiger partial charge is 0.343 e. The number of halogens is 3. The van der Waals surface area contributed by atoms with Gasteiger partial charge in [0.25, 0.3) is 5.91 Å². The van der Waals surface area contributed by atoms with Crippen LogP contribution < -0.4 is 10.6 Å². The third-order valence-electron chi connectivity index (χ3n) is 3.40. The number of aromatic amines is 1. The lowest BCUT2D eigenvalue weighted by molar-refractivity contribution is -0.115. The highest BCUT2D eigenvalue weighted by molar-refractivity contribution is 6.33. The molecule has 0 aliphatic carbocycles. The molecule has 27 heavy (non-hydrogen) atoms. The molecule has 138 valence electrons. The van der Waals surface area contributed by atoms with Crippen molar-refractivity contribution in [1.82, 2.24) is 20.5 Å². The van der Waals surface area contributed by atoms with E-state index in [0.29, 0.717) is 22.5 Å². The molecule has 0 aliphatic rings. The molecule has 7 nitrogen and oxygen atoms in total. The number of benzene rings is 2. The Kier molecular flexibility index (Phi) is 5.41. The van der Waals surface area contributed by atoms with Gasteiger partial charge in [-0.3, -0.25) is 20.0 Å². The van der Waals surface area contributed by atoms with Crippen LogP contribution in [0.4, 0.5) is 14.7 Å². The Morgan fingerprint density at radius 1 is 1.11 bits per heavy atom. The zero-order valence-electron chi connectivity index (χ0n) is 13.6. The van der Waals surface area contributed by atoms with Crippen molar-refractivity contribution in [3.05, 3.63) is 64.7 Å². The molecule has 0 spiro atoms. The second-order valence-electron chi connectivity index (χ2n) is 5.38. The molecular formula is C17H12ClF2N5O2. The van der Waals surface area contributed by atoms with Crippen molar-refractivity contribution in [2.45, 2.75) is 0 Å². The highest BCUT2D eigenvalue weighted by Gasteiger charge is 2.13. The summed E-state index contributed by atoms with van der Waals surface area (Å²) in [4.78, 5) is 27.9. The molecule has 2 amide bonds. The molecule has 0 atom stereocenters. The van der Waals surface area contributed by atoms with Gasteiger partial charge in [-0.15, -0.1) is 5.10 Å². The highest BCUT2D eigenvalue weighted by Crippen LogP contribution is 2.24. The summed E-state index contributed by atoms with van der Waals surface area (Å²) < 4.78 is 26.2. The van der Waals surface area contributed by atoms with Crippen molar-refractivity contribution in [3.63, 3.8) is 0 Å². The Bertz CT molecular complexity index is 988. The molecule has 0 fully saturated rings. The van der Waals surface area contributed by atoms with Crippen molar-refractivity contribution in [2.75, 3.05) is 11.9 Å². The molecule has 0 aliphatic heterocycles. The fraction of sp³-hybridized carbons (Fsp3) is 0.0588. The molecule has 10 heteroatoms. The van der Waals surface area contributed by atoms with Crippen LogP contribution in [0, 0.1) is 11.6 Å². The van der Waals surface area contributed by atoms with Gasteiger partial charge in [0, 0.05) is 17.2 Å². The van der Waals surface area contributed by atoms with Crippen LogP contribution in [0.1, 0.15) is 10.4 Å². The molecule has 3 aromatic rings. The second kappa shape index (κ2) is 7.92. The molecule has 3 N–H and O–H groups in total. The molecular weight excluding hydrogens is 380 g/mol. The molecule has 0 unspecified atom stereocenters. The maximum atomic E-state index is 13.1. The maximum Gasteiger partial charge on any atom is 0.251 e. The Balaban J connectivity index is 1.58. The second-order valence-corrected chi connectivity index (χ2v) is 5.78. The first-order valence-electron chi connectivity index (χ1n) is 7.64. The fourth-order valence-electron chi connectivity index (χ4n) is 2.21. The van der Waals surface area contributed by atoms with Crippen molar-refractivity contribution in [2.24, 2.45) is 0 Å². The number of H-pyrrole nitrogens is 1. The van der Waals surface area contributed by atoms with E-state index in [1.165, 1.54) is 0 Å². The predicted octanol–water partition coefficient (Wildman–Crippen LogP) is 2.77. The van der Waals surface area contributed by atoms with Crippen molar-refractivity contribution < 1.29 is 18.4 Å². The number of hydrogen-bond donors (Lipinski definition) is 3. The van der Waals surface area contributed by atoms with E-state index in [1.54, 1.807) is 24.3 Å². The summed E-state index contributed by atoms with van der Waals surface area (Å²) in [6.45, 7) is -0.438. The monoisotopic (exact) mass is 391 g/mol. The third kappa shape index (κ3) is 4.64. The molecule has 0 radical (unpaired) electrons. The molecule has 3 rings (SSSR count). The van der Waals surface area contributed by atoms with Gasteiger partial charge in [0.2, 0.25) is 11.9 Å². The van der Waals surface area contributed by atoms with E-state index in [4.69, 9.17) is 11.6 Å². The first-order chi connectivity index (χ1) is 12.9. The van der Waals surface area contributed by atoms with Crippen LogP contribution in [-0.2, 0) is 4.79 Å². The lowest BCUT2D eigenvalue weighted by Crippen LogP contribution is -2.33. The van der Waals surface area contributed by atoms with Crippen molar-refractivity contribution in [3.8, 4) is 11.4 Å². The molecule has 1 heterocycles. The Hall–Kier alpha value is -3.33. The number of carbonyl (C=O) groups excluding carboxylic acids is 2. The number of hydrogen-bond acceptors (Lipinski definition) is 4. The Morgan fingerprint density at radius 3 is 2.52 bits per heavy atom. The number of rotatable bonds is 5. The summed E-state index contributed by atoms with van der Waals surface area (Å²) in [6, 6.07) is 9.31. The summed E-state index contributed by atoms with van der Waals surface area (Å²) in [7, 11) is 0. The lowest BCUT2D eigenvalue weighted by Gasteiger charge is -2.05. The van der Waals surface area contributed by atoms with E-state index < -0.39 is 30.0 Å². The zero-order chi connectivity index (χ0) is 19.4. The normalized spacial score (nSPS) is 10.5. The summed E-state index contributed by atoms with van der Waals surface area (Å²) in [5, 5.41) is 11.6. The topological polar surface area (TPSA) is 99.8 Å². The zero-order valence-corrected chi connectivity index (χ0v) is 14.3. The summed E-state index contributed by atoms with van der Waals surface area (Å²) in [5.41, 5.74) is 0.368. The van der Waals surface area contributed by atoms with E-state index in [9.17, 15) is 18.4 Å². The van der Waals surface area contributed by atoms with E-state index in [2.05, 4.69) is 25.8 Å². The van der Waals surface area contributed by atoms with Gasteiger partial charge in [-0.2, -0.15) is 4.98 Å². The summed E-state index contributed by atoms with van der Waals surface area (Å²) in [6.07, 6.45) is 0. The minimum Gasteiger partial charge on any atom is -0.343 e. The molecule has 0 saturated heterocycles. The van der Waals surface area contributed by atoms with Crippen molar-refractivity contribution in [1.29, 1.82) is 0 Å². The smallest absolute Gasteiger partial charge is 0.251 e. The number of nitrogens with zero attached hydrogens (tertiary/aromatic N) is 2. The first-order valence-corrected chi connectivity index (χ1v) is 8.01. The SMILES string of the molecule is O=C(CNC(=O)c1cc(F)cc(F)c1)Nc1n[nH]c(-c2ccccc2Cl)n1. The standard InChI is InChI=1S/C17H12ClF2N5O2/c18-13-4-2-1-3-12(13)15-23-17(25-24-15)22-14(26)8-21-16(27)9-5-10(19)7-11(20)6-9/h1-7H,8H2,(H,21,27)(H2,22,23,24,25,26). The van der Waals surface area contributed by atoms with Gasteiger partial charge in [0.1, 0.15) is 11.6 Å². The van der Waals surface area contributed by atoms with Gasteiger partial charge < -0.3 is 5.32 Å². The Labute approximate surface area is 156 Å². The van der Waals surface area contributed by atoms with E-state index in [1.807, 2.05) is 0 Å². The minimum absolute atomic E-state index is 0.0130. The molecule has 1 aromatic heterocycles. The van der Waals surface area contributed by atoms with Gasteiger partial charge >= 0.3 is 0 Å². The fourth-order valence-corrected chi connectivity index (χ4v) is 2.43. The van der Waals surface area contributed by atoms with E-state index in [-0.39, 0.29) is 11.5 Å². The number of anilines is 1. The summed E-state index contributed by atoms with van der Waals surface area (Å²) >= 11 is 6.06. The van der Waals surface area contributed by atoms with Crippen LogP contribution >= 0.6 is 11.6 Å². The van der Waals surface area contributed by atoms with Crippen LogP contribution in [0.15, 0.2) is 42.5 Å². The lowest BCUT2D eigenvalue weighted by atomic mass is 10.2. The summed E-state index contributed by atoms with van der Waals surface area (Å²) in [5.74, 6) is -2.86. The van der Waals surface area contributed by atoms with Crippen molar-refractivity contribution >= 4 is 29.4 Å². The first kappa shape index (κ1) is 18.5.